The van der Waals surface area contributed by atoms with Crippen molar-refractivity contribution < 1.29 is 14.3 Å². The number of likely N-dealkylation sites (tertiary alicyclic amines) is 1. The number of thioether (sulfide) groups is 1. The largest absolute Gasteiger partial charge is 0.466 e. The number of rotatable bonds is 8. The lowest BCUT2D eigenvalue weighted by Crippen LogP contribution is -2.41. The van der Waals surface area contributed by atoms with Crippen molar-refractivity contribution in [3.05, 3.63) is 12.7 Å². The standard InChI is InChI=1S/C15H22N4O3S2/c1-3-7-16-14-17-18-15(24-14)23-10-12(20)19-8-5-11(6-9-19)13(21)22-4-2/h3,11H,1,4-10H2,2H3,(H,16,17). The van der Waals surface area contributed by atoms with E-state index in [0.29, 0.717) is 44.8 Å². The van der Waals surface area contributed by atoms with E-state index in [2.05, 4.69) is 22.1 Å². The molecule has 1 amide bonds. The molecule has 1 N–H and O–H groups in total. The summed E-state index contributed by atoms with van der Waals surface area (Å²) in [7, 11) is 0. The molecule has 9 heteroatoms. The van der Waals surface area contributed by atoms with Crippen molar-refractivity contribution in [2.24, 2.45) is 5.92 Å². The maximum atomic E-state index is 12.3. The third-order valence-electron chi connectivity index (χ3n) is 3.59. The molecule has 24 heavy (non-hydrogen) atoms. The van der Waals surface area contributed by atoms with Crippen LogP contribution in [0.1, 0.15) is 19.8 Å². The first-order valence-corrected chi connectivity index (χ1v) is 9.69. The molecule has 0 radical (unpaired) electrons. The predicted octanol–water partition coefficient (Wildman–Crippen LogP) is 2.03. The Hall–Kier alpha value is -1.61. The topological polar surface area (TPSA) is 84.4 Å². The Balaban J connectivity index is 1.72. The molecule has 1 aliphatic heterocycles. The predicted molar refractivity (Wildman–Crippen MR) is 95.3 cm³/mol. The highest BCUT2D eigenvalue weighted by Gasteiger charge is 2.28. The molecule has 7 nitrogen and oxygen atoms in total. The van der Waals surface area contributed by atoms with Crippen LogP contribution in [0.4, 0.5) is 5.13 Å². The van der Waals surface area contributed by atoms with Crippen LogP contribution < -0.4 is 5.32 Å². The minimum atomic E-state index is -0.146. The molecular weight excluding hydrogens is 348 g/mol. The van der Waals surface area contributed by atoms with Gasteiger partial charge in [0.05, 0.1) is 18.3 Å². The summed E-state index contributed by atoms with van der Waals surface area (Å²) in [5, 5.41) is 11.8. The van der Waals surface area contributed by atoms with Crippen molar-refractivity contribution in [3.63, 3.8) is 0 Å². The number of aromatic nitrogens is 2. The highest BCUT2D eigenvalue weighted by Crippen LogP contribution is 2.26. The van der Waals surface area contributed by atoms with E-state index in [1.807, 2.05) is 0 Å². The summed E-state index contributed by atoms with van der Waals surface area (Å²) in [4.78, 5) is 25.8. The summed E-state index contributed by atoms with van der Waals surface area (Å²) in [6.45, 7) is 7.68. The minimum Gasteiger partial charge on any atom is -0.466 e. The van der Waals surface area contributed by atoms with Crippen molar-refractivity contribution in [3.8, 4) is 0 Å². The number of nitrogens with one attached hydrogen (secondary N) is 1. The summed E-state index contributed by atoms with van der Waals surface area (Å²) >= 11 is 2.81. The van der Waals surface area contributed by atoms with Gasteiger partial charge < -0.3 is 15.0 Å². The van der Waals surface area contributed by atoms with Crippen molar-refractivity contribution in [2.75, 3.05) is 37.3 Å². The third-order valence-corrected chi connectivity index (χ3v) is 5.59. The second-order valence-electron chi connectivity index (χ2n) is 5.24. The van der Waals surface area contributed by atoms with Gasteiger partial charge >= 0.3 is 5.97 Å². The van der Waals surface area contributed by atoms with Gasteiger partial charge in [0.25, 0.3) is 0 Å². The SMILES string of the molecule is C=CCNc1nnc(SCC(=O)N2CCC(C(=O)OCC)CC2)s1. The van der Waals surface area contributed by atoms with E-state index >= 15 is 0 Å². The molecule has 0 aromatic carbocycles. The summed E-state index contributed by atoms with van der Waals surface area (Å²) in [6.07, 6.45) is 3.09. The van der Waals surface area contributed by atoms with Crippen LogP contribution in [-0.4, -0.2) is 59.0 Å². The summed E-state index contributed by atoms with van der Waals surface area (Å²) in [5.74, 6) is 0.175. The Morgan fingerprint density at radius 2 is 2.21 bits per heavy atom. The van der Waals surface area contributed by atoms with Crippen LogP contribution in [0.15, 0.2) is 17.0 Å². The Morgan fingerprint density at radius 1 is 1.46 bits per heavy atom. The Morgan fingerprint density at radius 3 is 2.88 bits per heavy atom. The van der Waals surface area contributed by atoms with Crippen LogP contribution in [0.5, 0.6) is 0 Å². The van der Waals surface area contributed by atoms with Gasteiger partial charge in [-0.1, -0.05) is 29.2 Å². The zero-order chi connectivity index (χ0) is 17.4. The van der Waals surface area contributed by atoms with Gasteiger partial charge in [0.15, 0.2) is 4.34 Å². The Kier molecular flexibility index (Phi) is 7.51. The number of amides is 1. The normalized spacial score (nSPS) is 15.1. The molecule has 0 aliphatic carbocycles. The molecule has 132 valence electrons. The third kappa shape index (κ3) is 5.48. The van der Waals surface area contributed by atoms with Gasteiger partial charge in [0.1, 0.15) is 0 Å². The summed E-state index contributed by atoms with van der Waals surface area (Å²) in [6, 6.07) is 0. The smallest absolute Gasteiger partial charge is 0.309 e. The molecule has 2 rings (SSSR count). The fourth-order valence-corrected chi connectivity index (χ4v) is 4.00. The van der Waals surface area contributed by atoms with E-state index in [-0.39, 0.29) is 17.8 Å². The monoisotopic (exact) mass is 370 g/mol. The van der Waals surface area contributed by atoms with Crippen molar-refractivity contribution in [1.82, 2.24) is 15.1 Å². The second kappa shape index (κ2) is 9.63. The fourth-order valence-electron chi connectivity index (χ4n) is 2.34. The first kappa shape index (κ1) is 18.7. The number of carbonyl (C=O) groups is 2. The molecular formula is C15H22N4O3S2. The van der Waals surface area contributed by atoms with Crippen LogP contribution in [0.2, 0.25) is 0 Å². The molecule has 0 atom stereocenters. The van der Waals surface area contributed by atoms with E-state index in [4.69, 9.17) is 4.74 Å². The highest BCUT2D eigenvalue weighted by molar-refractivity contribution is 8.01. The lowest BCUT2D eigenvalue weighted by Gasteiger charge is -2.30. The zero-order valence-electron chi connectivity index (χ0n) is 13.7. The number of carbonyl (C=O) groups excluding carboxylic acids is 2. The molecule has 1 aromatic heterocycles. The van der Waals surface area contributed by atoms with Crippen LogP contribution >= 0.6 is 23.1 Å². The molecule has 0 bridgehead atoms. The van der Waals surface area contributed by atoms with Crippen LogP contribution in [0.25, 0.3) is 0 Å². The van der Waals surface area contributed by atoms with Crippen molar-refractivity contribution >= 4 is 40.1 Å². The minimum absolute atomic E-state index is 0.0677. The van der Waals surface area contributed by atoms with E-state index in [1.54, 1.807) is 17.9 Å². The second-order valence-corrected chi connectivity index (χ2v) is 7.44. The summed E-state index contributed by atoms with van der Waals surface area (Å²) in [5.41, 5.74) is 0. The summed E-state index contributed by atoms with van der Waals surface area (Å²) < 4.78 is 5.80. The molecule has 0 unspecified atom stereocenters. The Bertz CT molecular complexity index is 571. The maximum Gasteiger partial charge on any atom is 0.309 e. The molecule has 1 fully saturated rings. The highest BCUT2D eigenvalue weighted by atomic mass is 32.2. The Labute approximate surface area is 149 Å². The molecule has 0 saturated carbocycles. The maximum absolute atomic E-state index is 12.3. The van der Waals surface area contributed by atoms with Crippen LogP contribution in [0.3, 0.4) is 0 Å². The number of hydrogen-bond acceptors (Lipinski definition) is 8. The van der Waals surface area contributed by atoms with Gasteiger partial charge in [-0.05, 0) is 19.8 Å². The van der Waals surface area contributed by atoms with Gasteiger partial charge in [-0.2, -0.15) is 0 Å². The first-order chi connectivity index (χ1) is 11.6. The number of ether oxygens (including phenoxy) is 1. The van der Waals surface area contributed by atoms with Crippen LogP contribution in [0, 0.1) is 5.92 Å². The van der Waals surface area contributed by atoms with Crippen LogP contribution in [-0.2, 0) is 14.3 Å². The number of anilines is 1. The van der Waals surface area contributed by atoms with Gasteiger partial charge in [-0.3, -0.25) is 9.59 Å². The van der Waals surface area contributed by atoms with E-state index in [1.165, 1.54) is 23.1 Å². The van der Waals surface area contributed by atoms with E-state index in [9.17, 15) is 9.59 Å². The van der Waals surface area contributed by atoms with Gasteiger partial charge in [-0.25, -0.2) is 0 Å². The number of hydrogen-bond donors (Lipinski definition) is 1. The van der Waals surface area contributed by atoms with Gasteiger partial charge in [-0.15, -0.1) is 16.8 Å². The quantitative estimate of drug-likeness (QED) is 0.426. The molecule has 2 heterocycles. The lowest BCUT2D eigenvalue weighted by atomic mass is 9.97. The average molecular weight is 371 g/mol. The molecule has 1 saturated heterocycles. The van der Waals surface area contributed by atoms with E-state index < -0.39 is 0 Å². The average Bonchev–Trinajstić information content (AvgIpc) is 3.06. The van der Waals surface area contributed by atoms with Crippen molar-refractivity contribution in [2.45, 2.75) is 24.1 Å². The molecule has 0 spiro atoms. The zero-order valence-corrected chi connectivity index (χ0v) is 15.3. The van der Waals surface area contributed by atoms with Crippen molar-refractivity contribution in [1.29, 1.82) is 0 Å². The fraction of sp³-hybridized carbons (Fsp3) is 0.600. The van der Waals surface area contributed by atoms with Gasteiger partial charge in [0.2, 0.25) is 11.0 Å². The van der Waals surface area contributed by atoms with Gasteiger partial charge in [0, 0.05) is 19.6 Å². The molecule has 1 aliphatic rings. The van der Waals surface area contributed by atoms with E-state index in [0.717, 1.165) is 9.47 Å². The number of esters is 1. The first-order valence-electron chi connectivity index (χ1n) is 7.89. The number of piperidine rings is 1. The molecule has 1 aromatic rings. The number of nitrogens with zero attached hydrogens (tertiary/aromatic N) is 3. The lowest BCUT2D eigenvalue weighted by molar-refractivity contribution is -0.151.